The minimum Gasteiger partial charge on any atom is -0.491 e. The van der Waals surface area contributed by atoms with Gasteiger partial charge in [-0.05, 0) is 38.4 Å². The Morgan fingerprint density at radius 2 is 2.11 bits per heavy atom. The number of nitrogen functional groups attached to an aromatic ring is 1. The predicted molar refractivity (Wildman–Crippen MR) is 73.3 cm³/mol. The lowest BCUT2D eigenvalue weighted by atomic mass is 10.2. The normalized spacial score (nSPS) is 15.6. The molecule has 6 nitrogen and oxygen atoms in total. The monoisotopic (exact) mass is 265 g/mol. The van der Waals surface area contributed by atoms with Crippen LogP contribution in [0.3, 0.4) is 0 Å². The average molecular weight is 265 g/mol. The van der Waals surface area contributed by atoms with Crippen LogP contribution in [0, 0.1) is 10.1 Å². The minimum atomic E-state index is -0.465. The van der Waals surface area contributed by atoms with Crippen molar-refractivity contribution in [1.82, 2.24) is 4.90 Å². The van der Waals surface area contributed by atoms with E-state index in [4.69, 9.17) is 10.5 Å². The summed E-state index contributed by atoms with van der Waals surface area (Å²) in [6.07, 6.45) is 3.52. The number of nitro groups is 1. The Morgan fingerprint density at radius 3 is 2.74 bits per heavy atom. The number of hydrogen-bond donors (Lipinski definition) is 1. The quantitative estimate of drug-likeness (QED) is 0.368. The third-order valence-electron chi connectivity index (χ3n) is 3.28. The Hall–Kier alpha value is -1.82. The Bertz CT molecular complexity index is 445. The molecule has 1 aromatic rings. The molecule has 2 rings (SSSR count). The lowest BCUT2D eigenvalue weighted by Crippen LogP contribution is -2.22. The fraction of sp³-hybridized carbons (Fsp3) is 0.538. The fourth-order valence-corrected chi connectivity index (χ4v) is 2.26. The Morgan fingerprint density at radius 1 is 1.37 bits per heavy atom. The van der Waals surface area contributed by atoms with Crippen molar-refractivity contribution in [2.45, 2.75) is 19.3 Å². The lowest BCUT2D eigenvalue weighted by molar-refractivity contribution is -0.384. The van der Waals surface area contributed by atoms with Gasteiger partial charge in [-0.25, -0.2) is 0 Å². The molecule has 6 heteroatoms. The first-order chi connectivity index (χ1) is 9.16. The van der Waals surface area contributed by atoms with Gasteiger partial charge in [0, 0.05) is 18.7 Å². The van der Waals surface area contributed by atoms with E-state index in [1.165, 1.54) is 38.1 Å². The highest BCUT2D eigenvalue weighted by atomic mass is 16.6. The van der Waals surface area contributed by atoms with Crippen LogP contribution in [-0.4, -0.2) is 36.1 Å². The number of rotatable bonds is 6. The van der Waals surface area contributed by atoms with E-state index < -0.39 is 4.92 Å². The first kappa shape index (κ1) is 13.6. The molecule has 1 heterocycles. The second-order valence-electron chi connectivity index (χ2n) is 4.73. The van der Waals surface area contributed by atoms with Gasteiger partial charge in [0.05, 0.1) is 17.2 Å². The number of anilines is 1. The number of likely N-dealkylation sites (tertiary alicyclic amines) is 1. The maximum atomic E-state index is 10.6. The smallest absolute Gasteiger partial charge is 0.271 e. The van der Waals surface area contributed by atoms with Crippen molar-refractivity contribution in [3.05, 3.63) is 28.3 Å². The predicted octanol–water partition coefficient (Wildman–Crippen LogP) is 2.04. The summed E-state index contributed by atoms with van der Waals surface area (Å²) in [6, 6.07) is 4.30. The molecule has 104 valence electrons. The molecule has 0 aromatic heterocycles. The summed E-state index contributed by atoms with van der Waals surface area (Å²) in [5, 5.41) is 10.6. The molecule has 1 aromatic carbocycles. The second-order valence-corrected chi connectivity index (χ2v) is 4.73. The maximum absolute atomic E-state index is 10.6. The summed E-state index contributed by atoms with van der Waals surface area (Å²) < 4.78 is 5.56. The Labute approximate surface area is 112 Å². The van der Waals surface area contributed by atoms with E-state index in [0.717, 1.165) is 13.0 Å². The van der Waals surface area contributed by atoms with Crippen molar-refractivity contribution in [3.8, 4) is 5.75 Å². The molecule has 0 spiro atoms. The van der Waals surface area contributed by atoms with E-state index in [2.05, 4.69) is 4.90 Å². The highest BCUT2D eigenvalue weighted by molar-refractivity contribution is 5.58. The Kier molecular flexibility index (Phi) is 4.57. The van der Waals surface area contributed by atoms with Crippen LogP contribution in [0.4, 0.5) is 11.4 Å². The molecule has 1 aliphatic rings. The lowest BCUT2D eigenvalue weighted by Gasteiger charge is -2.14. The zero-order valence-electron chi connectivity index (χ0n) is 10.9. The second kappa shape index (κ2) is 6.38. The van der Waals surface area contributed by atoms with Gasteiger partial charge in [-0.15, -0.1) is 0 Å². The Balaban J connectivity index is 1.77. The SMILES string of the molecule is Nc1cc([N+](=O)[O-])ccc1OCCCN1CCCC1. The van der Waals surface area contributed by atoms with Crippen molar-refractivity contribution in [2.24, 2.45) is 0 Å². The minimum absolute atomic E-state index is 0.0121. The van der Waals surface area contributed by atoms with Crippen molar-refractivity contribution in [3.63, 3.8) is 0 Å². The molecule has 0 amide bonds. The van der Waals surface area contributed by atoms with E-state index in [-0.39, 0.29) is 5.69 Å². The van der Waals surface area contributed by atoms with Gasteiger partial charge in [0.2, 0.25) is 0 Å². The third-order valence-corrected chi connectivity index (χ3v) is 3.28. The van der Waals surface area contributed by atoms with E-state index in [1.807, 2.05) is 0 Å². The summed E-state index contributed by atoms with van der Waals surface area (Å²) in [5.41, 5.74) is 6.03. The van der Waals surface area contributed by atoms with Gasteiger partial charge in [-0.3, -0.25) is 10.1 Å². The van der Waals surface area contributed by atoms with Crippen LogP contribution >= 0.6 is 0 Å². The number of nitro benzene ring substituents is 1. The van der Waals surface area contributed by atoms with Crippen molar-refractivity contribution in [1.29, 1.82) is 0 Å². The van der Waals surface area contributed by atoms with E-state index in [0.29, 0.717) is 18.0 Å². The summed E-state index contributed by atoms with van der Waals surface area (Å²) in [5.74, 6) is 0.520. The first-order valence-electron chi connectivity index (χ1n) is 6.56. The van der Waals surface area contributed by atoms with Crippen molar-refractivity contribution < 1.29 is 9.66 Å². The highest BCUT2D eigenvalue weighted by Gasteiger charge is 2.11. The van der Waals surface area contributed by atoms with Crippen LogP contribution in [0.2, 0.25) is 0 Å². The highest BCUT2D eigenvalue weighted by Crippen LogP contribution is 2.26. The molecule has 1 saturated heterocycles. The maximum Gasteiger partial charge on any atom is 0.271 e. The van der Waals surface area contributed by atoms with Crippen molar-refractivity contribution in [2.75, 3.05) is 32.0 Å². The van der Waals surface area contributed by atoms with Crippen LogP contribution in [0.5, 0.6) is 5.75 Å². The van der Waals surface area contributed by atoms with Gasteiger partial charge in [0.25, 0.3) is 5.69 Å². The molecule has 0 radical (unpaired) electrons. The van der Waals surface area contributed by atoms with Crippen LogP contribution in [0.25, 0.3) is 0 Å². The van der Waals surface area contributed by atoms with E-state index >= 15 is 0 Å². The van der Waals surface area contributed by atoms with Crippen LogP contribution in [0.15, 0.2) is 18.2 Å². The topological polar surface area (TPSA) is 81.6 Å². The zero-order chi connectivity index (χ0) is 13.7. The molecule has 0 aliphatic carbocycles. The van der Waals surface area contributed by atoms with E-state index in [9.17, 15) is 10.1 Å². The summed E-state index contributed by atoms with van der Waals surface area (Å²) >= 11 is 0. The van der Waals surface area contributed by atoms with Crippen LogP contribution in [-0.2, 0) is 0 Å². The van der Waals surface area contributed by atoms with Crippen LogP contribution < -0.4 is 10.5 Å². The molecule has 2 N–H and O–H groups in total. The molecule has 0 saturated carbocycles. The zero-order valence-corrected chi connectivity index (χ0v) is 10.9. The summed E-state index contributed by atoms with van der Waals surface area (Å²) in [6.45, 7) is 3.98. The molecular formula is C13H19N3O3. The molecule has 0 atom stereocenters. The van der Waals surface area contributed by atoms with Gasteiger partial charge in [0.15, 0.2) is 0 Å². The molecule has 0 unspecified atom stereocenters. The fourth-order valence-electron chi connectivity index (χ4n) is 2.26. The number of benzene rings is 1. The molecule has 19 heavy (non-hydrogen) atoms. The third kappa shape index (κ3) is 3.82. The van der Waals surface area contributed by atoms with Crippen LogP contribution in [0.1, 0.15) is 19.3 Å². The average Bonchev–Trinajstić information content (AvgIpc) is 2.89. The van der Waals surface area contributed by atoms with Gasteiger partial charge in [-0.1, -0.05) is 0 Å². The standard InChI is InChI=1S/C13H19N3O3/c14-12-10-11(16(17)18)4-5-13(12)19-9-3-8-15-6-1-2-7-15/h4-5,10H,1-3,6-9,14H2. The van der Waals surface area contributed by atoms with Gasteiger partial charge >= 0.3 is 0 Å². The number of nitrogens with zero attached hydrogens (tertiary/aromatic N) is 2. The van der Waals surface area contributed by atoms with E-state index in [1.54, 1.807) is 6.07 Å². The number of nitrogens with two attached hydrogens (primary N) is 1. The molecule has 1 fully saturated rings. The summed E-state index contributed by atoms with van der Waals surface area (Å²) in [4.78, 5) is 12.5. The molecule has 0 bridgehead atoms. The molecular weight excluding hydrogens is 246 g/mol. The van der Waals surface area contributed by atoms with Gasteiger partial charge < -0.3 is 15.4 Å². The summed E-state index contributed by atoms with van der Waals surface area (Å²) in [7, 11) is 0. The number of hydrogen-bond acceptors (Lipinski definition) is 5. The van der Waals surface area contributed by atoms with Gasteiger partial charge in [-0.2, -0.15) is 0 Å². The van der Waals surface area contributed by atoms with Gasteiger partial charge in [0.1, 0.15) is 5.75 Å². The number of ether oxygens (including phenoxy) is 1. The largest absolute Gasteiger partial charge is 0.491 e. The first-order valence-corrected chi connectivity index (χ1v) is 6.56. The molecule has 1 aliphatic heterocycles. The number of non-ortho nitro benzene ring substituents is 1. The van der Waals surface area contributed by atoms with Crippen molar-refractivity contribution >= 4 is 11.4 Å².